The summed E-state index contributed by atoms with van der Waals surface area (Å²) in [5, 5.41) is 5.12. The van der Waals surface area contributed by atoms with E-state index in [9.17, 15) is 4.79 Å². The SMILES string of the molecule is Cc1cc(=O)[nH]c(N/N=C/c2ccc3sc(C)nc3c2)n1. The summed E-state index contributed by atoms with van der Waals surface area (Å²) in [6, 6.07) is 7.38. The number of H-pyrrole nitrogens is 1. The largest absolute Gasteiger partial charge is 0.291 e. The minimum Gasteiger partial charge on any atom is -0.291 e. The fourth-order valence-corrected chi connectivity index (χ4v) is 2.75. The molecule has 0 radical (unpaired) electrons. The molecule has 2 N–H and O–H groups in total. The van der Waals surface area contributed by atoms with Gasteiger partial charge >= 0.3 is 0 Å². The number of hydrogen-bond donors (Lipinski definition) is 2. The van der Waals surface area contributed by atoms with Gasteiger partial charge in [-0.3, -0.25) is 9.78 Å². The number of hydrogen-bond acceptors (Lipinski definition) is 6. The number of aryl methyl sites for hydroxylation is 2. The number of aromatic amines is 1. The van der Waals surface area contributed by atoms with Crippen LogP contribution in [-0.2, 0) is 0 Å². The Balaban J connectivity index is 1.79. The molecule has 106 valence electrons. The highest BCUT2D eigenvalue weighted by molar-refractivity contribution is 7.18. The first-order valence-corrected chi connectivity index (χ1v) is 7.16. The Morgan fingerprint density at radius 2 is 2.14 bits per heavy atom. The Morgan fingerprint density at radius 1 is 1.29 bits per heavy atom. The quantitative estimate of drug-likeness (QED) is 0.575. The van der Waals surface area contributed by atoms with Gasteiger partial charge in [-0.25, -0.2) is 15.4 Å². The standard InChI is InChI=1S/C14H13N5OS/c1-8-5-13(20)18-14(16-8)19-15-7-10-3-4-12-11(6-10)17-9(2)21-12/h3-7H,1-2H3,(H2,16,18,19,20)/b15-7+. The summed E-state index contributed by atoms with van der Waals surface area (Å²) in [6.45, 7) is 3.74. The molecule has 0 amide bonds. The normalized spacial score (nSPS) is 11.3. The van der Waals surface area contributed by atoms with Crippen molar-refractivity contribution in [1.82, 2.24) is 15.0 Å². The van der Waals surface area contributed by atoms with E-state index in [4.69, 9.17) is 0 Å². The van der Waals surface area contributed by atoms with Crippen molar-refractivity contribution in [2.45, 2.75) is 13.8 Å². The van der Waals surface area contributed by atoms with Gasteiger partial charge in [-0.05, 0) is 31.5 Å². The second kappa shape index (κ2) is 5.45. The van der Waals surface area contributed by atoms with Crippen molar-refractivity contribution >= 4 is 33.7 Å². The van der Waals surface area contributed by atoms with E-state index in [1.165, 1.54) is 6.07 Å². The predicted octanol–water partition coefficient (Wildman–Crippen LogP) is 2.44. The Hall–Kier alpha value is -2.54. The van der Waals surface area contributed by atoms with Gasteiger partial charge < -0.3 is 0 Å². The fourth-order valence-electron chi connectivity index (χ4n) is 1.94. The van der Waals surface area contributed by atoms with Gasteiger partial charge in [-0.2, -0.15) is 5.10 Å². The molecule has 7 heteroatoms. The Bertz CT molecular complexity index is 880. The molecule has 0 bridgehead atoms. The second-order valence-electron chi connectivity index (χ2n) is 4.57. The van der Waals surface area contributed by atoms with Crippen LogP contribution in [0.15, 0.2) is 34.2 Å². The lowest BCUT2D eigenvalue weighted by Gasteiger charge is -1.99. The van der Waals surface area contributed by atoms with E-state index < -0.39 is 0 Å². The third-order valence-electron chi connectivity index (χ3n) is 2.77. The minimum absolute atomic E-state index is 0.209. The smallest absolute Gasteiger partial charge is 0.252 e. The molecule has 2 heterocycles. The van der Waals surface area contributed by atoms with Gasteiger partial charge in [-0.1, -0.05) is 6.07 Å². The van der Waals surface area contributed by atoms with Crippen LogP contribution in [0.4, 0.5) is 5.95 Å². The highest BCUT2D eigenvalue weighted by Crippen LogP contribution is 2.21. The first kappa shape index (κ1) is 13.4. The fraction of sp³-hybridized carbons (Fsp3) is 0.143. The van der Waals surface area contributed by atoms with Crippen molar-refractivity contribution in [3.8, 4) is 0 Å². The molecule has 3 rings (SSSR count). The molecule has 0 atom stereocenters. The molecule has 0 unspecified atom stereocenters. The second-order valence-corrected chi connectivity index (χ2v) is 5.80. The van der Waals surface area contributed by atoms with Crippen molar-refractivity contribution in [2.75, 3.05) is 5.43 Å². The Kier molecular flexibility index (Phi) is 3.49. The van der Waals surface area contributed by atoms with Crippen LogP contribution in [0, 0.1) is 13.8 Å². The number of aromatic nitrogens is 3. The van der Waals surface area contributed by atoms with Gasteiger partial charge in [0.25, 0.3) is 5.56 Å². The maximum absolute atomic E-state index is 11.3. The van der Waals surface area contributed by atoms with E-state index in [-0.39, 0.29) is 5.56 Å². The first-order chi connectivity index (χ1) is 10.1. The van der Waals surface area contributed by atoms with Gasteiger partial charge in [0.2, 0.25) is 5.95 Å². The van der Waals surface area contributed by atoms with Gasteiger partial charge in [0.15, 0.2) is 0 Å². The number of fused-ring (bicyclic) bond motifs is 1. The number of rotatable bonds is 3. The highest BCUT2D eigenvalue weighted by Gasteiger charge is 2.00. The van der Waals surface area contributed by atoms with Crippen molar-refractivity contribution in [3.63, 3.8) is 0 Å². The summed E-state index contributed by atoms with van der Waals surface area (Å²) in [4.78, 5) is 22.4. The first-order valence-electron chi connectivity index (χ1n) is 6.34. The molecule has 0 saturated carbocycles. The average Bonchev–Trinajstić information content (AvgIpc) is 2.77. The number of hydrazone groups is 1. The van der Waals surface area contributed by atoms with Crippen LogP contribution >= 0.6 is 11.3 Å². The van der Waals surface area contributed by atoms with E-state index >= 15 is 0 Å². The summed E-state index contributed by atoms with van der Waals surface area (Å²) in [6.07, 6.45) is 1.66. The summed E-state index contributed by atoms with van der Waals surface area (Å²) in [5.41, 5.74) is 5.03. The molecule has 3 aromatic rings. The van der Waals surface area contributed by atoms with Crippen LogP contribution in [0.3, 0.4) is 0 Å². The molecule has 21 heavy (non-hydrogen) atoms. The van der Waals surface area contributed by atoms with Crippen LogP contribution in [0.2, 0.25) is 0 Å². The van der Waals surface area contributed by atoms with Crippen LogP contribution in [0.5, 0.6) is 0 Å². The molecule has 0 saturated heterocycles. The van der Waals surface area contributed by atoms with E-state index in [1.807, 2.05) is 25.1 Å². The number of nitrogens with zero attached hydrogens (tertiary/aromatic N) is 3. The summed E-state index contributed by atoms with van der Waals surface area (Å²) >= 11 is 1.66. The zero-order valence-corrected chi connectivity index (χ0v) is 12.4. The Morgan fingerprint density at radius 3 is 2.95 bits per heavy atom. The summed E-state index contributed by atoms with van der Waals surface area (Å²) in [7, 11) is 0. The molecule has 0 aliphatic rings. The topological polar surface area (TPSA) is 83.0 Å². The van der Waals surface area contributed by atoms with E-state index in [0.717, 1.165) is 20.8 Å². The minimum atomic E-state index is -0.209. The van der Waals surface area contributed by atoms with Crippen molar-refractivity contribution in [3.05, 3.63) is 50.9 Å². The van der Waals surface area contributed by atoms with Crippen molar-refractivity contribution in [1.29, 1.82) is 0 Å². The maximum atomic E-state index is 11.3. The monoisotopic (exact) mass is 299 g/mol. The Labute approximate surface area is 124 Å². The zero-order chi connectivity index (χ0) is 14.8. The molecule has 2 aromatic heterocycles. The number of benzene rings is 1. The average molecular weight is 299 g/mol. The van der Waals surface area contributed by atoms with E-state index in [0.29, 0.717) is 11.6 Å². The van der Waals surface area contributed by atoms with Gasteiger partial charge in [0, 0.05) is 11.8 Å². The number of nitrogens with one attached hydrogen (secondary N) is 2. The third-order valence-corrected chi connectivity index (χ3v) is 3.72. The molecular weight excluding hydrogens is 286 g/mol. The lowest BCUT2D eigenvalue weighted by atomic mass is 10.2. The highest BCUT2D eigenvalue weighted by atomic mass is 32.1. The van der Waals surface area contributed by atoms with Crippen molar-refractivity contribution < 1.29 is 0 Å². The summed E-state index contributed by atoms with van der Waals surface area (Å²) < 4.78 is 1.15. The number of thiazole rings is 1. The van der Waals surface area contributed by atoms with Gasteiger partial charge in [0.1, 0.15) is 0 Å². The van der Waals surface area contributed by atoms with Crippen LogP contribution in [0.1, 0.15) is 16.3 Å². The molecule has 1 aromatic carbocycles. The predicted molar refractivity (Wildman–Crippen MR) is 85.2 cm³/mol. The molecule has 0 aliphatic carbocycles. The van der Waals surface area contributed by atoms with Crippen LogP contribution in [0.25, 0.3) is 10.2 Å². The molecule has 0 aliphatic heterocycles. The van der Waals surface area contributed by atoms with Gasteiger partial charge in [0.05, 0.1) is 21.4 Å². The molecule has 0 spiro atoms. The molecule has 6 nitrogen and oxygen atoms in total. The van der Waals surface area contributed by atoms with E-state index in [1.54, 1.807) is 24.5 Å². The van der Waals surface area contributed by atoms with Gasteiger partial charge in [-0.15, -0.1) is 11.3 Å². The number of anilines is 1. The van der Waals surface area contributed by atoms with E-state index in [2.05, 4.69) is 25.5 Å². The third kappa shape index (κ3) is 3.14. The molecule has 0 fully saturated rings. The molecular formula is C14H13N5OS. The van der Waals surface area contributed by atoms with Crippen LogP contribution < -0.4 is 11.0 Å². The lowest BCUT2D eigenvalue weighted by molar-refractivity contribution is 1.04. The summed E-state index contributed by atoms with van der Waals surface area (Å²) in [5.74, 6) is 0.321. The zero-order valence-electron chi connectivity index (χ0n) is 11.5. The van der Waals surface area contributed by atoms with Crippen molar-refractivity contribution in [2.24, 2.45) is 5.10 Å². The lowest BCUT2D eigenvalue weighted by Crippen LogP contribution is -2.10. The maximum Gasteiger partial charge on any atom is 0.252 e. The van der Waals surface area contributed by atoms with Crippen LogP contribution in [-0.4, -0.2) is 21.2 Å².